The van der Waals surface area contributed by atoms with Crippen LogP contribution in [0.25, 0.3) is 5.69 Å². The van der Waals surface area contributed by atoms with Gasteiger partial charge in [-0.15, -0.1) is 0 Å². The molecule has 2 heterocycles. The van der Waals surface area contributed by atoms with Gasteiger partial charge in [0.1, 0.15) is 0 Å². The SMILES string of the molecule is O=C(Nc1ccccc1N1CCCC1)c1nn(-c2ccccc2)c2c1CCC2. The Morgan fingerprint density at radius 1 is 0.893 bits per heavy atom. The number of para-hydroxylation sites is 3. The zero-order valence-corrected chi connectivity index (χ0v) is 15.9. The lowest BCUT2D eigenvalue weighted by atomic mass is 10.2. The van der Waals surface area contributed by atoms with Crippen molar-refractivity contribution in [2.45, 2.75) is 32.1 Å². The predicted molar refractivity (Wildman–Crippen MR) is 111 cm³/mol. The van der Waals surface area contributed by atoms with Gasteiger partial charge in [-0.3, -0.25) is 4.79 Å². The largest absolute Gasteiger partial charge is 0.370 e. The minimum Gasteiger partial charge on any atom is -0.370 e. The van der Waals surface area contributed by atoms with E-state index in [1.807, 2.05) is 53.2 Å². The van der Waals surface area contributed by atoms with Crippen molar-refractivity contribution < 1.29 is 4.79 Å². The molecular weight excluding hydrogens is 348 g/mol. The monoisotopic (exact) mass is 372 g/mol. The Bertz CT molecular complexity index is 1000. The van der Waals surface area contributed by atoms with Crippen molar-refractivity contribution in [1.29, 1.82) is 0 Å². The van der Waals surface area contributed by atoms with E-state index in [-0.39, 0.29) is 5.91 Å². The predicted octanol–water partition coefficient (Wildman–Crippen LogP) is 4.21. The van der Waals surface area contributed by atoms with Crippen LogP contribution in [0, 0.1) is 0 Å². The number of fused-ring (bicyclic) bond motifs is 1. The summed E-state index contributed by atoms with van der Waals surface area (Å²) >= 11 is 0. The summed E-state index contributed by atoms with van der Waals surface area (Å²) in [4.78, 5) is 15.5. The second-order valence-electron chi connectivity index (χ2n) is 7.54. The van der Waals surface area contributed by atoms with Gasteiger partial charge in [-0.05, 0) is 56.4 Å². The average Bonchev–Trinajstić information content (AvgIpc) is 3.47. The second kappa shape index (κ2) is 7.15. The highest BCUT2D eigenvalue weighted by atomic mass is 16.2. The fourth-order valence-electron chi connectivity index (χ4n) is 4.40. The molecule has 1 aliphatic heterocycles. The fourth-order valence-corrected chi connectivity index (χ4v) is 4.40. The number of anilines is 2. The maximum absolute atomic E-state index is 13.2. The van der Waals surface area contributed by atoms with Gasteiger partial charge in [0.15, 0.2) is 5.69 Å². The number of amides is 1. The number of hydrogen-bond donors (Lipinski definition) is 1. The van der Waals surface area contributed by atoms with Gasteiger partial charge in [0.05, 0.1) is 17.1 Å². The molecule has 0 bridgehead atoms. The van der Waals surface area contributed by atoms with Crippen LogP contribution in [0.2, 0.25) is 0 Å². The standard InChI is InChI=1S/C23H24N4O/c28-23(24-19-12-4-5-13-21(19)26-15-6-7-16-26)22-18-11-8-14-20(18)27(25-22)17-9-2-1-3-10-17/h1-5,9-10,12-13H,6-8,11,14-16H2,(H,24,28). The molecule has 5 heteroatoms. The smallest absolute Gasteiger partial charge is 0.276 e. The van der Waals surface area contributed by atoms with Gasteiger partial charge in [-0.1, -0.05) is 30.3 Å². The van der Waals surface area contributed by atoms with Gasteiger partial charge >= 0.3 is 0 Å². The molecule has 5 nitrogen and oxygen atoms in total. The lowest BCUT2D eigenvalue weighted by Gasteiger charge is -2.21. The maximum atomic E-state index is 13.2. The highest BCUT2D eigenvalue weighted by Crippen LogP contribution is 2.31. The van der Waals surface area contributed by atoms with E-state index >= 15 is 0 Å². The van der Waals surface area contributed by atoms with Crippen LogP contribution in [-0.2, 0) is 12.8 Å². The van der Waals surface area contributed by atoms with Crippen molar-refractivity contribution in [3.8, 4) is 5.69 Å². The van der Waals surface area contributed by atoms with E-state index < -0.39 is 0 Å². The van der Waals surface area contributed by atoms with Crippen LogP contribution in [0.3, 0.4) is 0 Å². The summed E-state index contributed by atoms with van der Waals surface area (Å²) in [6.07, 6.45) is 5.37. The molecule has 0 radical (unpaired) electrons. The van der Waals surface area contributed by atoms with Crippen molar-refractivity contribution >= 4 is 17.3 Å². The molecule has 2 aromatic carbocycles. The summed E-state index contributed by atoms with van der Waals surface area (Å²) in [5.74, 6) is -0.112. The summed E-state index contributed by atoms with van der Waals surface area (Å²) in [5.41, 5.74) is 5.82. The molecule has 0 atom stereocenters. The zero-order chi connectivity index (χ0) is 18.9. The van der Waals surface area contributed by atoms with Crippen LogP contribution in [0.5, 0.6) is 0 Å². The van der Waals surface area contributed by atoms with Gasteiger partial charge in [-0.2, -0.15) is 5.10 Å². The van der Waals surface area contributed by atoms with Gasteiger partial charge in [0, 0.05) is 24.3 Å². The number of nitrogens with one attached hydrogen (secondary N) is 1. The fraction of sp³-hybridized carbons (Fsp3) is 0.304. The lowest BCUT2D eigenvalue weighted by Crippen LogP contribution is -2.21. The van der Waals surface area contributed by atoms with Gasteiger partial charge in [0.25, 0.3) is 5.91 Å². The molecule has 2 aliphatic rings. The van der Waals surface area contributed by atoms with Crippen molar-refractivity contribution in [3.63, 3.8) is 0 Å². The highest BCUT2D eigenvalue weighted by molar-refractivity contribution is 6.06. The van der Waals surface area contributed by atoms with E-state index in [1.165, 1.54) is 18.5 Å². The Balaban J connectivity index is 1.47. The average molecular weight is 372 g/mol. The highest BCUT2D eigenvalue weighted by Gasteiger charge is 2.27. The lowest BCUT2D eigenvalue weighted by molar-refractivity contribution is 0.102. The first-order chi connectivity index (χ1) is 13.8. The Morgan fingerprint density at radius 3 is 2.46 bits per heavy atom. The Labute approximate surface area is 165 Å². The second-order valence-corrected chi connectivity index (χ2v) is 7.54. The molecule has 0 spiro atoms. The Hall–Kier alpha value is -3.08. The molecule has 1 amide bonds. The van der Waals surface area contributed by atoms with Crippen molar-refractivity contribution in [2.75, 3.05) is 23.3 Å². The third kappa shape index (κ3) is 2.97. The zero-order valence-electron chi connectivity index (χ0n) is 15.9. The van der Waals surface area contributed by atoms with Crippen LogP contribution in [0.15, 0.2) is 54.6 Å². The van der Waals surface area contributed by atoms with Crippen LogP contribution in [0.1, 0.15) is 41.0 Å². The number of rotatable bonds is 4. The number of benzene rings is 2. The van der Waals surface area contributed by atoms with E-state index in [0.717, 1.165) is 55.0 Å². The molecule has 1 fully saturated rings. The molecule has 0 unspecified atom stereocenters. The van der Waals surface area contributed by atoms with E-state index in [1.54, 1.807) is 0 Å². The van der Waals surface area contributed by atoms with Gasteiger partial charge < -0.3 is 10.2 Å². The summed E-state index contributed by atoms with van der Waals surface area (Å²) < 4.78 is 1.95. The number of nitrogens with zero attached hydrogens (tertiary/aromatic N) is 3. The van der Waals surface area contributed by atoms with Crippen LogP contribution in [-0.4, -0.2) is 28.8 Å². The summed E-state index contributed by atoms with van der Waals surface area (Å²) in [6.45, 7) is 2.09. The summed E-state index contributed by atoms with van der Waals surface area (Å²) in [6, 6.07) is 18.2. The molecule has 1 aliphatic carbocycles. The number of carbonyl (C=O) groups excluding carboxylic acids is 1. The third-order valence-corrected chi connectivity index (χ3v) is 5.75. The van der Waals surface area contributed by atoms with E-state index in [2.05, 4.69) is 16.3 Å². The number of hydrogen-bond acceptors (Lipinski definition) is 3. The van der Waals surface area contributed by atoms with Crippen LogP contribution < -0.4 is 10.2 Å². The quantitative estimate of drug-likeness (QED) is 0.746. The Kier molecular flexibility index (Phi) is 4.35. The van der Waals surface area contributed by atoms with Gasteiger partial charge in [-0.25, -0.2) is 4.68 Å². The molecule has 1 saturated heterocycles. The molecule has 1 aromatic heterocycles. The normalized spacial score (nSPS) is 15.6. The van der Waals surface area contributed by atoms with Gasteiger partial charge in [0.2, 0.25) is 0 Å². The molecule has 5 rings (SSSR count). The van der Waals surface area contributed by atoms with Crippen LogP contribution in [0.4, 0.5) is 11.4 Å². The first-order valence-electron chi connectivity index (χ1n) is 10.1. The summed E-state index contributed by atoms with van der Waals surface area (Å²) in [7, 11) is 0. The van der Waals surface area contributed by atoms with Crippen LogP contribution >= 0.6 is 0 Å². The first-order valence-corrected chi connectivity index (χ1v) is 10.1. The van der Waals surface area contributed by atoms with Crippen molar-refractivity contribution in [1.82, 2.24) is 9.78 Å². The number of carbonyl (C=O) groups is 1. The Morgan fingerprint density at radius 2 is 1.64 bits per heavy atom. The summed E-state index contributed by atoms with van der Waals surface area (Å²) in [5, 5.41) is 7.86. The molecular formula is C23H24N4O. The molecule has 1 N–H and O–H groups in total. The minimum atomic E-state index is -0.112. The number of aromatic nitrogens is 2. The molecule has 28 heavy (non-hydrogen) atoms. The molecule has 3 aromatic rings. The molecule has 0 saturated carbocycles. The maximum Gasteiger partial charge on any atom is 0.276 e. The van der Waals surface area contributed by atoms with E-state index in [0.29, 0.717) is 5.69 Å². The molecule has 142 valence electrons. The van der Waals surface area contributed by atoms with Crippen molar-refractivity contribution in [3.05, 3.63) is 71.5 Å². The topological polar surface area (TPSA) is 50.2 Å². The van der Waals surface area contributed by atoms with E-state index in [9.17, 15) is 4.79 Å². The van der Waals surface area contributed by atoms with E-state index in [4.69, 9.17) is 5.10 Å². The first kappa shape index (κ1) is 17.0. The van der Waals surface area contributed by atoms with Crippen molar-refractivity contribution in [2.24, 2.45) is 0 Å². The minimum absolute atomic E-state index is 0.112. The third-order valence-electron chi connectivity index (χ3n) is 5.75.